The van der Waals surface area contributed by atoms with E-state index in [0.717, 1.165) is 39.9 Å². The Morgan fingerprint density at radius 3 is 2.68 bits per heavy atom. The summed E-state index contributed by atoms with van der Waals surface area (Å²) in [5.41, 5.74) is 3.96. The number of rotatable bonds is 5. The maximum Gasteiger partial charge on any atom is 0.416 e. The highest BCUT2D eigenvalue weighted by Crippen LogP contribution is 2.39. The lowest BCUT2D eigenvalue weighted by molar-refractivity contribution is -0.137. The zero-order valence-corrected chi connectivity index (χ0v) is 19.4. The molecule has 2 aliphatic rings. The van der Waals surface area contributed by atoms with E-state index in [1.165, 1.54) is 22.8 Å². The normalized spacial score (nSPS) is 16.9. The lowest BCUT2D eigenvalue weighted by atomic mass is 9.86. The maximum absolute atomic E-state index is 13.4. The van der Waals surface area contributed by atoms with Crippen LogP contribution in [0.3, 0.4) is 0 Å². The molecule has 2 N–H and O–H groups in total. The van der Waals surface area contributed by atoms with Crippen LogP contribution in [0, 0.1) is 0 Å². The van der Waals surface area contributed by atoms with Crippen molar-refractivity contribution in [2.75, 3.05) is 24.4 Å². The van der Waals surface area contributed by atoms with E-state index in [4.69, 9.17) is 0 Å². The van der Waals surface area contributed by atoms with E-state index in [-0.39, 0.29) is 18.2 Å². The number of nitrogens with zero attached hydrogens (tertiary/aromatic N) is 3. The van der Waals surface area contributed by atoms with Gasteiger partial charge in [0.2, 0.25) is 5.13 Å². The highest BCUT2D eigenvalue weighted by atomic mass is 32.2. The lowest BCUT2D eigenvalue weighted by Crippen LogP contribution is -2.39. The molecule has 0 saturated heterocycles. The van der Waals surface area contributed by atoms with Crippen LogP contribution in [-0.2, 0) is 29.4 Å². The van der Waals surface area contributed by atoms with Crippen LogP contribution >= 0.6 is 11.5 Å². The number of benzene rings is 2. The number of nitrogens with one attached hydrogen (secondary N) is 2. The van der Waals surface area contributed by atoms with E-state index in [1.54, 1.807) is 0 Å². The van der Waals surface area contributed by atoms with Gasteiger partial charge >= 0.3 is 16.4 Å². The molecular weight excluding hydrogens is 487 g/mol. The predicted octanol–water partition coefficient (Wildman–Crippen LogP) is 3.93. The Kier molecular flexibility index (Phi) is 5.92. The number of aromatic nitrogens is 2. The summed E-state index contributed by atoms with van der Waals surface area (Å²) in [7, 11) is -3.82. The molecule has 12 heteroatoms. The van der Waals surface area contributed by atoms with Crippen molar-refractivity contribution in [1.82, 2.24) is 19.0 Å². The average Bonchev–Trinajstić information content (AvgIpc) is 3.51. The van der Waals surface area contributed by atoms with Gasteiger partial charge in [-0.15, -0.1) is 0 Å². The third kappa shape index (κ3) is 4.45. The molecule has 3 aromatic rings. The summed E-state index contributed by atoms with van der Waals surface area (Å²) in [4.78, 5) is 3.87. The zero-order chi connectivity index (χ0) is 23.9. The van der Waals surface area contributed by atoms with Crippen LogP contribution in [0.1, 0.15) is 22.3 Å². The minimum absolute atomic E-state index is 0.150. The fourth-order valence-electron chi connectivity index (χ4n) is 4.33. The number of hydrogen-bond acceptors (Lipinski definition) is 6. The minimum atomic E-state index is -4.44. The van der Waals surface area contributed by atoms with Crippen molar-refractivity contribution >= 4 is 32.4 Å². The van der Waals surface area contributed by atoms with Gasteiger partial charge < -0.3 is 5.32 Å². The van der Waals surface area contributed by atoms with E-state index >= 15 is 0 Å². The van der Waals surface area contributed by atoms with Gasteiger partial charge in [0.05, 0.1) is 5.56 Å². The van der Waals surface area contributed by atoms with E-state index in [1.807, 2.05) is 24.3 Å². The molecule has 0 atom stereocenters. The fourth-order valence-corrected chi connectivity index (χ4v) is 6.13. The Balaban J connectivity index is 1.52. The van der Waals surface area contributed by atoms with E-state index in [2.05, 4.69) is 19.4 Å². The first kappa shape index (κ1) is 23.0. The summed E-state index contributed by atoms with van der Waals surface area (Å²) in [5.74, 6) is 0. The maximum atomic E-state index is 13.4. The molecule has 178 valence electrons. The largest absolute Gasteiger partial charge is 0.416 e. The summed E-state index contributed by atoms with van der Waals surface area (Å²) in [6, 6.07) is 9.38. The first-order valence-electron chi connectivity index (χ1n) is 10.5. The van der Waals surface area contributed by atoms with Gasteiger partial charge in [0.1, 0.15) is 6.33 Å². The van der Waals surface area contributed by atoms with E-state index in [0.29, 0.717) is 30.6 Å². The van der Waals surface area contributed by atoms with Crippen LogP contribution in [0.25, 0.3) is 16.7 Å². The van der Waals surface area contributed by atoms with E-state index < -0.39 is 21.9 Å². The van der Waals surface area contributed by atoms with Crippen molar-refractivity contribution < 1.29 is 21.6 Å². The number of fused-ring (bicyclic) bond motifs is 1. The molecule has 0 unspecified atom stereocenters. The second kappa shape index (κ2) is 8.77. The Hall–Kier alpha value is -2.80. The molecule has 2 aromatic carbocycles. The molecule has 34 heavy (non-hydrogen) atoms. The Bertz CT molecular complexity index is 1360. The molecule has 2 aliphatic heterocycles. The van der Waals surface area contributed by atoms with Crippen molar-refractivity contribution in [1.29, 1.82) is 0 Å². The van der Waals surface area contributed by atoms with Gasteiger partial charge in [-0.1, -0.05) is 30.3 Å². The van der Waals surface area contributed by atoms with Gasteiger partial charge in [-0.25, -0.2) is 9.71 Å². The fraction of sp³-hybridized carbons (Fsp3) is 0.273. The van der Waals surface area contributed by atoms with Gasteiger partial charge in [0.15, 0.2) is 0 Å². The summed E-state index contributed by atoms with van der Waals surface area (Å²) in [6.45, 7) is 1.48. The van der Waals surface area contributed by atoms with Gasteiger partial charge in [0.25, 0.3) is 0 Å². The Labute approximate surface area is 198 Å². The third-order valence-corrected chi connectivity index (χ3v) is 8.09. The summed E-state index contributed by atoms with van der Waals surface area (Å²) < 4.78 is 73.5. The summed E-state index contributed by atoms with van der Waals surface area (Å²) >= 11 is 0.947. The number of alkyl halides is 3. The van der Waals surface area contributed by atoms with E-state index in [9.17, 15) is 21.6 Å². The Morgan fingerprint density at radius 1 is 1.12 bits per heavy atom. The molecule has 0 amide bonds. The van der Waals surface area contributed by atoms with Gasteiger partial charge in [-0.3, -0.25) is 0 Å². The van der Waals surface area contributed by atoms with Gasteiger partial charge in [-0.05, 0) is 51.9 Å². The molecule has 0 saturated carbocycles. The monoisotopic (exact) mass is 507 g/mol. The molecule has 0 radical (unpaired) electrons. The average molecular weight is 508 g/mol. The number of anilines is 1. The summed E-state index contributed by atoms with van der Waals surface area (Å²) in [5, 5.41) is 3.33. The van der Waals surface area contributed by atoms with Crippen LogP contribution in [0.5, 0.6) is 0 Å². The third-order valence-electron chi connectivity index (χ3n) is 5.94. The molecule has 0 fully saturated rings. The smallest absolute Gasteiger partial charge is 0.309 e. The zero-order valence-electron chi connectivity index (χ0n) is 17.8. The van der Waals surface area contributed by atoms with Gasteiger partial charge in [-0.2, -0.15) is 30.3 Å². The van der Waals surface area contributed by atoms with Crippen LogP contribution in [0.2, 0.25) is 0 Å². The van der Waals surface area contributed by atoms with Crippen molar-refractivity contribution in [3.8, 4) is 11.1 Å². The van der Waals surface area contributed by atoms with Crippen LogP contribution < -0.4 is 10.0 Å². The first-order chi connectivity index (χ1) is 16.2. The van der Waals surface area contributed by atoms with Crippen LogP contribution in [0.4, 0.5) is 18.3 Å². The van der Waals surface area contributed by atoms with Crippen molar-refractivity contribution in [3.05, 3.63) is 71.1 Å². The Morgan fingerprint density at radius 2 is 1.97 bits per heavy atom. The first-order valence-corrected chi connectivity index (χ1v) is 12.7. The molecular formula is C22H20F3N5O2S2. The second-order valence-electron chi connectivity index (χ2n) is 8.00. The molecule has 5 rings (SSSR count). The lowest BCUT2D eigenvalue weighted by Gasteiger charge is -2.29. The molecule has 0 aliphatic carbocycles. The molecule has 1 aromatic heterocycles. The number of hydrogen-bond donors (Lipinski definition) is 2. The highest BCUT2D eigenvalue weighted by molar-refractivity contribution is 7.90. The topological polar surface area (TPSA) is 87.2 Å². The highest BCUT2D eigenvalue weighted by Gasteiger charge is 2.33. The SMILES string of the molecule is O=S(=O)(Nc1ncns1)N1CCc2c(cccc2-c2ccc(C(F)(F)F)cc2C2=CCNC2)C1. The molecule has 7 nitrogen and oxygen atoms in total. The minimum Gasteiger partial charge on any atom is -0.309 e. The van der Waals surface area contributed by atoms with Crippen LogP contribution in [-0.4, -0.2) is 41.7 Å². The van der Waals surface area contributed by atoms with Crippen molar-refractivity contribution in [2.24, 2.45) is 0 Å². The van der Waals surface area contributed by atoms with Gasteiger partial charge in [0, 0.05) is 37.7 Å². The van der Waals surface area contributed by atoms with Crippen molar-refractivity contribution in [2.45, 2.75) is 19.1 Å². The molecule has 0 bridgehead atoms. The summed E-state index contributed by atoms with van der Waals surface area (Å²) in [6.07, 6.45) is -0.829. The standard InChI is InChI=1S/C22H20F3N5O2S2/c23-22(24,25)16-4-5-19(20(10-16)14-6-8-26-11-14)18-3-1-2-15-12-30(9-7-17(15)18)34(31,32)29-21-27-13-28-33-21/h1-6,10,13,26H,7-9,11-12H2,(H,27,28,29). The quantitative estimate of drug-likeness (QED) is 0.547. The van der Waals surface area contributed by atoms with Crippen molar-refractivity contribution in [3.63, 3.8) is 0 Å². The molecule has 3 heterocycles. The molecule has 0 spiro atoms. The van der Waals surface area contributed by atoms with Crippen LogP contribution in [0.15, 0.2) is 48.8 Å². The number of halogens is 3. The second-order valence-corrected chi connectivity index (χ2v) is 10.4. The predicted molar refractivity (Wildman–Crippen MR) is 124 cm³/mol.